The van der Waals surface area contributed by atoms with Crippen LogP contribution in [0.5, 0.6) is 5.75 Å². The highest BCUT2D eigenvalue weighted by atomic mass is 16.6. The fourth-order valence-corrected chi connectivity index (χ4v) is 4.26. The molecule has 2 aromatic carbocycles. The summed E-state index contributed by atoms with van der Waals surface area (Å²) in [5.74, 6) is -0.300. The molecule has 0 radical (unpaired) electrons. The van der Waals surface area contributed by atoms with Crippen LogP contribution < -0.4 is 15.7 Å². The second kappa shape index (κ2) is 9.33. The predicted molar refractivity (Wildman–Crippen MR) is 128 cm³/mol. The second-order valence-corrected chi connectivity index (χ2v) is 9.65. The van der Waals surface area contributed by atoms with E-state index in [0.717, 1.165) is 23.1 Å². The van der Waals surface area contributed by atoms with Crippen molar-refractivity contribution in [1.82, 2.24) is 5.32 Å². The average Bonchev–Trinajstić information content (AvgIpc) is 3.22. The third kappa shape index (κ3) is 5.30. The van der Waals surface area contributed by atoms with E-state index in [-0.39, 0.29) is 12.0 Å². The summed E-state index contributed by atoms with van der Waals surface area (Å²) < 4.78 is 16.8. The van der Waals surface area contributed by atoms with Crippen LogP contribution in [0.2, 0.25) is 0 Å². The van der Waals surface area contributed by atoms with Crippen molar-refractivity contribution >= 4 is 23.0 Å². The molecule has 1 aliphatic rings. The maximum absolute atomic E-state index is 13.4. The van der Waals surface area contributed by atoms with Crippen molar-refractivity contribution in [2.24, 2.45) is 0 Å². The summed E-state index contributed by atoms with van der Waals surface area (Å²) in [6.45, 7) is 7.10. The molecule has 0 saturated carbocycles. The lowest BCUT2D eigenvalue weighted by Crippen LogP contribution is -2.46. The van der Waals surface area contributed by atoms with Gasteiger partial charge in [-0.15, -0.1) is 0 Å². The van der Waals surface area contributed by atoms with E-state index in [9.17, 15) is 14.4 Å². The molecule has 178 valence electrons. The van der Waals surface area contributed by atoms with Gasteiger partial charge in [-0.25, -0.2) is 14.4 Å². The summed E-state index contributed by atoms with van der Waals surface area (Å²) in [4.78, 5) is 38.2. The summed E-state index contributed by atoms with van der Waals surface area (Å²) in [6.07, 6.45) is 1.74. The van der Waals surface area contributed by atoms with Crippen LogP contribution in [0.3, 0.4) is 0 Å². The van der Waals surface area contributed by atoms with Crippen molar-refractivity contribution in [3.8, 4) is 5.75 Å². The van der Waals surface area contributed by atoms with E-state index in [0.29, 0.717) is 35.1 Å². The first-order valence-corrected chi connectivity index (χ1v) is 11.4. The Labute approximate surface area is 198 Å². The van der Waals surface area contributed by atoms with Crippen LogP contribution in [-0.2, 0) is 28.8 Å². The molecule has 1 amide bonds. The number of aryl methyl sites for hydroxylation is 2. The number of alkyl carbamates (subject to hydrolysis) is 1. The van der Waals surface area contributed by atoms with E-state index in [1.165, 1.54) is 0 Å². The van der Waals surface area contributed by atoms with Gasteiger partial charge in [0, 0.05) is 12.0 Å². The average molecular weight is 464 g/mol. The highest BCUT2D eigenvalue weighted by Crippen LogP contribution is 2.35. The first-order chi connectivity index (χ1) is 16.1. The van der Waals surface area contributed by atoms with Gasteiger partial charge < -0.3 is 19.2 Å². The molecular weight excluding hydrogens is 434 g/mol. The van der Waals surface area contributed by atoms with Gasteiger partial charge >= 0.3 is 17.7 Å². The standard InChI is InChI=1S/C27H29NO6/c1-16-13-21-23(18-11-8-12-19(18)24(29)32-21)22(14-16)33-25(30)20(15-17-9-6-5-7-10-17)28-26(31)34-27(2,3)4/h5-7,9-10,13-14,20H,8,11-12,15H2,1-4H3,(H,28,31)/t20-/m1/s1. The maximum Gasteiger partial charge on any atom is 0.408 e. The van der Waals surface area contributed by atoms with E-state index < -0.39 is 23.7 Å². The maximum atomic E-state index is 13.4. The molecule has 1 aliphatic carbocycles. The minimum atomic E-state index is -0.975. The lowest BCUT2D eigenvalue weighted by Gasteiger charge is -2.23. The van der Waals surface area contributed by atoms with Gasteiger partial charge in [0.15, 0.2) is 0 Å². The van der Waals surface area contributed by atoms with Gasteiger partial charge in [0.2, 0.25) is 0 Å². The molecule has 0 aliphatic heterocycles. The molecule has 0 bridgehead atoms. The molecule has 4 rings (SSSR count). The largest absolute Gasteiger partial charge is 0.444 e. The van der Waals surface area contributed by atoms with Crippen LogP contribution in [-0.4, -0.2) is 23.7 Å². The zero-order valence-corrected chi connectivity index (χ0v) is 19.9. The zero-order valence-electron chi connectivity index (χ0n) is 19.9. The molecule has 0 unspecified atom stereocenters. The fraction of sp³-hybridized carbons (Fsp3) is 0.370. The van der Waals surface area contributed by atoms with Crippen LogP contribution in [0, 0.1) is 6.92 Å². The highest BCUT2D eigenvalue weighted by Gasteiger charge is 2.28. The molecule has 0 fully saturated rings. The first-order valence-electron chi connectivity index (χ1n) is 11.4. The Morgan fingerprint density at radius 2 is 1.79 bits per heavy atom. The lowest BCUT2D eigenvalue weighted by atomic mass is 10.0. The van der Waals surface area contributed by atoms with Gasteiger partial charge in [0.1, 0.15) is 23.0 Å². The molecule has 3 aromatic rings. The number of rotatable bonds is 5. The SMILES string of the molecule is Cc1cc(OC(=O)[C@@H](Cc2ccccc2)NC(=O)OC(C)(C)C)c2c3c(c(=O)oc2c1)CCC3. The molecule has 1 aromatic heterocycles. The van der Waals surface area contributed by atoms with Crippen molar-refractivity contribution in [3.63, 3.8) is 0 Å². The summed E-state index contributed by atoms with van der Waals surface area (Å²) in [7, 11) is 0. The van der Waals surface area contributed by atoms with Crippen LogP contribution in [0.15, 0.2) is 51.7 Å². The van der Waals surface area contributed by atoms with Crippen molar-refractivity contribution in [2.75, 3.05) is 0 Å². The van der Waals surface area contributed by atoms with Gasteiger partial charge in [-0.1, -0.05) is 30.3 Å². The van der Waals surface area contributed by atoms with Crippen LogP contribution >= 0.6 is 0 Å². The number of amides is 1. The summed E-state index contributed by atoms with van der Waals surface area (Å²) in [5.41, 5.74) is 2.51. The monoisotopic (exact) mass is 463 g/mol. The highest BCUT2D eigenvalue weighted by molar-refractivity contribution is 5.92. The molecule has 7 heteroatoms. The zero-order chi connectivity index (χ0) is 24.5. The van der Waals surface area contributed by atoms with Crippen molar-refractivity contribution in [2.45, 2.75) is 65.0 Å². The number of hydrogen-bond acceptors (Lipinski definition) is 6. The van der Waals surface area contributed by atoms with Crippen molar-refractivity contribution in [1.29, 1.82) is 0 Å². The molecule has 1 N–H and O–H groups in total. The molecule has 1 heterocycles. The number of benzene rings is 2. The number of carbonyl (C=O) groups excluding carboxylic acids is 2. The quantitative estimate of drug-likeness (QED) is 0.337. The van der Waals surface area contributed by atoms with E-state index in [1.54, 1.807) is 32.9 Å². The van der Waals surface area contributed by atoms with Crippen molar-refractivity contribution < 1.29 is 23.5 Å². The Bertz CT molecular complexity index is 1290. The number of nitrogens with one attached hydrogen (secondary N) is 1. The molecular formula is C27H29NO6. The Hall–Kier alpha value is -3.61. The molecule has 0 spiro atoms. The van der Waals surface area contributed by atoms with Crippen LogP contribution in [0.25, 0.3) is 11.0 Å². The number of esters is 1. The Kier molecular flexibility index (Phi) is 6.46. The smallest absolute Gasteiger partial charge is 0.408 e. The van der Waals surface area contributed by atoms with Crippen molar-refractivity contribution in [3.05, 3.63) is 75.1 Å². The topological polar surface area (TPSA) is 94.8 Å². The molecule has 7 nitrogen and oxygen atoms in total. The summed E-state index contributed by atoms with van der Waals surface area (Å²) in [5, 5.41) is 3.30. The van der Waals surface area contributed by atoms with Gasteiger partial charge in [0.25, 0.3) is 0 Å². The van der Waals surface area contributed by atoms with Crippen LogP contribution in [0.4, 0.5) is 4.79 Å². The Balaban J connectivity index is 1.67. The number of fused-ring (bicyclic) bond motifs is 3. The summed E-state index contributed by atoms with van der Waals surface area (Å²) >= 11 is 0. The predicted octanol–water partition coefficient (Wildman–Crippen LogP) is 4.63. The van der Waals surface area contributed by atoms with Gasteiger partial charge in [-0.3, -0.25) is 0 Å². The van der Waals surface area contributed by atoms with E-state index in [4.69, 9.17) is 13.9 Å². The Morgan fingerprint density at radius 3 is 2.50 bits per heavy atom. The normalized spacial score (nSPS) is 13.9. The fourth-order valence-electron chi connectivity index (χ4n) is 4.26. The minimum Gasteiger partial charge on any atom is -0.444 e. The minimum absolute atomic E-state index is 0.232. The van der Waals surface area contributed by atoms with Crippen LogP contribution in [0.1, 0.15) is 49.4 Å². The number of carbonyl (C=O) groups is 2. The van der Waals surface area contributed by atoms with E-state index in [2.05, 4.69) is 5.32 Å². The number of hydrogen-bond donors (Lipinski definition) is 1. The molecule has 0 saturated heterocycles. The summed E-state index contributed by atoms with van der Waals surface area (Å²) in [6, 6.07) is 11.9. The van der Waals surface area contributed by atoms with E-state index in [1.807, 2.05) is 37.3 Å². The third-order valence-corrected chi connectivity index (χ3v) is 5.65. The number of ether oxygens (including phenoxy) is 2. The third-order valence-electron chi connectivity index (χ3n) is 5.65. The first kappa shape index (κ1) is 23.5. The second-order valence-electron chi connectivity index (χ2n) is 9.65. The Morgan fingerprint density at radius 1 is 1.09 bits per heavy atom. The molecule has 34 heavy (non-hydrogen) atoms. The lowest BCUT2D eigenvalue weighted by molar-refractivity contribution is -0.136. The van der Waals surface area contributed by atoms with Gasteiger partial charge in [-0.2, -0.15) is 0 Å². The molecule has 1 atom stereocenters. The van der Waals surface area contributed by atoms with E-state index >= 15 is 0 Å². The van der Waals surface area contributed by atoms with Gasteiger partial charge in [-0.05, 0) is 75.8 Å². The van der Waals surface area contributed by atoms with Gasteiger partial charge in [0.05, 0.1) is 5.39 Å².